The Labute approximate surface area is 130 Å². The van der Waals surface area contributed by atoms with Crippen LogP contribution in [0.2, 0.25) is 0 Å². The number of hydrogen-bond acceptors (Lipinski definition) is 2. The van der Waals surface area contributed by atoms with E-state index in [9.17, 15) is 4.79 Å². The highest BCUT2D eigenvalue weighted by Gasteiger charge is 2.06. The topological polar surface area (TPSA) is 30.2 Å². The van der Waals surface area contributed by atoms with Gasteiger partial charge in [0.1, 0.15) is 5.58 Å². The van der Waals surface area contributed by atoms with Crippen molar-refractivity contribution >= 4 is 26.9 Å². The molecule has 0 atom stereocenters. The first-order valence-corrected chi connectivity index (χ1v) is 7.27. The van der Waals surface area contributed by atoms with Gasteiger partial charge in [-0.05, 0) is 30.3 Å². The number of fused-ring (bicyclic) bond motifs is 1. The quantitative estimate of drug-likeness (QED) is 0.624. The Morgan fingerprint density at radius 2 is 1.90 bits per heavy atom. The molecule has 2 aromatic carbocycles. The van der Waals surface area contributed by atoms with Gasteiger partial charge in [-0.25, -0.2) is 0 Å². The summed E-state index contributed by atoms with van der Waals surface area (Å²) in [4.78, 5) is 12.4. The summed E-state index contributed by atoms with van der Waals surface area (Å²) in [6, 6.07) is 15.1. The van der Waals surface area contributed by atoms with E-state index in [4.69, 9.17) is 4.42 Å². The van der Waals surface area contributed by atoms with Crippen molar-refractivity contribution in [3.05, 3.63) is 80.6 Å². The lowest BCUT2D eigenvalue weighted by Gasteiger charge is -1.99. The first-order valence-electron chi connectivity index (χ1n) is 6.48. The Morgan fingerprint density at radius 1 is 1.10 bits per heavy atom. The SMILES string of the molecule is O=c1c(CC#Cc2ccccc2)coc2ccc(Br)cc12. The highest BCUT2D eigenvalue weighted by molar-refractivity contribution is 9.10. The molecule has 0 fully saturated rings. The first kappa shape index (κ1) is 13.7. The maximum absolute atomic E-state index is 12.4. The molecule has 0 aliphatic heterocycles. The average Bonchev–Trinajstić information content (AvgIpc) is 2.51. The Kier molecular flexibility index (Phi) is 3.89. The lowest BCUT2D eigenvalue weighted by molar-refractivity contribution is 0.595. The monoisotopic (exact) mass is 338 g/mol. The van der Waals surface area contributed by atoms with Gasteiger partial charge < -0.3 is 4.42 Å². The Balaban J connectivity index is 1.94. The van der Waals surface area contributed by atoms with E-state index in [1.54, 1.807) is 12.1 Å². The molecule has 2 nitrogen and oxygen atoms in total. The molecular weight excluding hydrogens is 328 g/mol. The molecular formula is C18H11BrO2. The van der Waals surface area contributed by atoms with Gasteiger partial charge in [-0.3, -0.25) is 4.79 Å². The van der Waals surface area contributed by atoms with Crippen molar-refractivity contribution in [2.24, 2.45) is 0 Å². The third kappa shape index (κ3) is 3.07. The fourth-order valence-corrected chi connectivity index (χ4v) is 2.39. The Bertz CT molecular complexity index is 899. The number of halogens is 1. The first-order chi connectivity index (χ1) is 10.2. The van der Waals surface area contributed by atoms with Crippen molar-refractivity contribution in [1.82, 2.24) is 0 Å². The fourth-order valence-electron chi connectivity index (χ4n) is 2.03. The van der Waals surface area contributed by atoms with Gasteiger partial charge in [-0.15, -0.1) is 0 Å². The van der Waals surface area contributed by atoms with Crippen LogP contribution in [0.25, 0.3) is 11.0 Å². The molecule has 0 spiro atoms. The van der Waals surface area contributed by atoms with Crippen LogP contribution in [0.1, 0.15) is 11.1 Å². The number of rotatable bonds is 1. The molecule has 3 rings (SSSR count). The second-order valence-corrected chi connectivity index (χ2v) is 5.49. The molecule has 1 aromatic heterocycles. The maximum atomic E-state index is 12.4. The molecule has 1 heterocycles. The van der Waals surface area contributed by atoms with Crippen molar-refractivity contribution in [3.63, 3.8) is 0 Å². The van der Waals surface area contributed by atoms with E-state index in [2.05, 4.69) is 27.8 Å². The molecule has 0 aliphatic carbocycles. The van der Waals surface area contributed by atoms with Gasteiger partial charge in [-0.2, -0.15) is 0 Å². The average molecular weight is 339 g/mol. The van der Waals surface area contributed by atoms with Gasteiger partial charge in [0.15, 0.2) is 5.43 Å². The van der Waals surface area contributed by atoms with Crippen LogP contribution in [0.4, 0.5) is 0 Å². The normalized spacial score (nSPS) is 10.1. The summed E-state index contributed by atoms with van der Waals surface area (Å²) in [7, 11) is 0. The Hall–Kier alpha value is -2.31. The van der Waals surface area contributed by atoms with Crippen molar-refractivity contribution < 1.29 is 4.42 Å². The molecule has 0 saturated heterocycles. The Morgan fingerprint density at radius 3 is 2.71 bits per heavy atom. The van der Waals surface area contributed by atoms with E-state index in [1.807, 2.05) is 36.4 Å². The van der Waals surface area contributed by atoms with Crippen molar-refractivity contribution in [1.29, 1.82) is 0 Å². The largest absolute Gasteiger partial charge is 0.464 e. The molecule has 0 amide bonds. The highest BCUT2D eigenvalue weighted by atomic mass is 79.9. The van der Waals surface area contributed by atoms with Crippen molar-refractivity contribution in [2.75, 3.05) is 0 Å². The summed E-state index contributed by atoms with van der Waals surface area (Å²) >= 11 is 3.37. The smallest absolute Gasteiger partial charge is 0.196 e. The molecule has 3 aromatic rings. The summed E-state index contributed by atoms with van der Waals surface area (Å²) in [5.41, 5.74) is 2.07. The molecule has 0 saturated carbocycles. The van der Waals surface area contributed by atoms with E-state index < -0.39 is 0 Å². The van der Waals surface area contributed by atoms with Gasteiger partial charge in [-0.1, -0.05) is 46.0 Å². The van der Waals surface area contributed by atoms with E-state index in [1.165, 1.54) is 6.26 Å². The van der Waals surface area contributed by atoms with E-state index in [0.29, 0.717) is 23.0 Å². The van der Waals surface area contributed by atoms with Gasteiger partial charge in [0.05, 0.1) is 11.6 Å². The zero-order chi connectivity index (χ0) is 14.7. The van der Waals surface area contributed by atoms with Crippen LogP contribution in [0.3, 0.4) is 0 Å². The lowest BCUT2D eigenvalue weighted by Crippen LogP contribution is -2.07. The van der Waals surface area contributed by atoms with Crippen LogP contribution in [-0.4, -0.2) is 0 Å². The summed E-state index contributed by atoms with van der Waals surface area (Å²) in [5.74, 6) is 6.06. The van der Waals surface area contributed by atoms with Crippen LogP contribution in [0, 0.1) is 11.8 Å². The van der Waals surface area contributed by atoms with E-state index in [0.717, 1.165) is 10.0 Å². The highest BCUT2D eigenvalue weighted by Crippen LogP contribution is 2.17. The predicted molar refractivity (Wildman–Crippen MR) is 87.2 cm³/mol. The number of benzene rings is 2. The molecule has 102 valence electrons. The van der Waals surface area contributed by atoms with E-state index >= 15 is 0 Å². The third-order valence-corrected chi connectivity index (χ3v) is 3.58. The summed E-state index contributed by atoms with van der Waals surface area (Å²) in [6.45, 7) is 0. The minimum absolute atomic E-state index is 0.0279. The van der Waals surface area contributed by atoms with Crippen LogP contribution >= 0.6 is 15.9 Å². The minimum atomic E-state index is -0.0279. The molecule has 0 aliphatic rings. The fraction of sp³-hybridized carbons (Fsp3) is 0.0556. The maximum Gasteiger partial charge on any atom is 0.196 e. The van der Waals surface area contributed by atoms with Crippen LogP contribution in [0.15, 0.2) is 68.5 Å². The van der Waals surface area contributed by atoms with Crippen molar-refractivity contribution in [2.45, 2.75) is 6.42 Å². The minimum Gasteiger partial charge on any atom is -0.464 e. The van der Waals surface area contributed by atoms with Gasteiger partial charge in [0.2, 0.25) is 0 Å². The van der Waals surface area contributed by atoms with Crippen molar-refractivity contribution in [3.8, 4) is 11.8 Å². The lowest BCUT2D eigenvalue weighted by atomic mass is 10.1. The third-order valence-electron chi connectivity index (χ3n) is 3.09. The van der Waals surface area contributed by atoms with Gasteiger partial charge in [0, 0.05) is 22.0 Å². The summed E-state index contributed by atoms with van der Waals surface area (Å²) < 4.78 is 6.35. The zero-order valence-corrected chi connectivity index (χ0v) is 12.7. The zero-order valence-electron chi connectivity index (χ0n) is 11.1. The molecule has 0 unspecified atom stereocenters. The standard InChI is InChI=1S/C18H11BrO2/c19-15-9-10-17-16(11-15)18(20)14(12-21-17)8-4-7-13-5-2-1-3-6-13/h1-3,5-6,9-12H,8H2. The molecule has 0 N–H and O–H groups in total. The summed E-state index contributed by atoms with van der Waals surface area (Å²) in [5, 5.41) is 0.573. The van der Waals surface area contributed by atoms with Crippen LogP contribution in [-0.2, 0) is 6.42 Å². The predicted octanol–water partition coefficient (Wildman–Crippen LogP) is 4.15. The molecule has 3 heteroatoms. The van der Waals surface area contributed by atoms with Gasteiger partial charge in [0.25, 0.3) is 0 Å². The van der Waals surface area contributed by atoms with Crippen LogP contribution < -0.4 is 5.43 Å². The van der Waals surface area contributed by atoms with Crippen LogP contribution in [0.5, 0.6) is 0 Å². The second-order valence-electron chi connectivity index (χ2n) is 4.58. The molecule has 0 radical (unpaired) electrons. The number of hydrogen-bond donors (Lipinski definition) is 0. The summed E-state index contributed by atoms with van der Waals surface area (Å²) in [6.07, 6.45) is 1.87. The van der Waals surface area contributed by atoms with E-state index in [-0.39, 0.29) is 5.43 Å². The molecule has 21 heavy (non-hydrogen) atoms. The second kappa shape index (κ2) is 5.99. The molecule has 0 bridgehead atoms. The van der Waals surface area contributed by atoms with Gasteiger partial charge >= 0.3 is 0 Å².